The van der Waals surface area contributed by atoms with Crippen LogP contribution in [0, 0.1) is 17.0 Å². The normalized spacial score (nSPS) is 10.7. The molecule has 0 bridgehead atoms. The lowest BCUT2D eigenvalue weighted by molar-refractivity contribution is -0.383. The Kier molecular flexibility index (Phi) is 3.02. The predicted octanol–water partition coefficient (Wildman–Crippen LogP) is 3.70. The number of rotatable bonds is 2. The van der Waals surface area contributed by atoms with Crippen LogP contribution in [0.3, 0.4) is 0 Å². The first kappa shape index (κ1) is 13.1. The molecule has 5 nitrogen and oxygen atoms in total. The Bertz CT molecular complexity index is 845. The van der Waals surface area contributed by atoms with E-state index < -0.39 is 4.92 Å². The molecule has 0 spiro atoms. The van der Waals surface area contributed by atoms with Gasteiger partial charge in [0.25, 0.3) is 0 Å². The van der Waals surface area contributed by atoms with Gasteiger partial charge in [-0.25, -0.2) is 4.98 Å². The number of pyridine rings is 1. The van der Waals surface area contributed by atoms with Gasteiger partial charge in [0, 0.05) is 10.9 Å². The second-order valence-corrected chi connectivity index (χ2v) is 4.82. The van der Waals surface area contributed by atoms with Crippen molar-refractivity contribution in [3.05, 3.63) is 64.2 Å². The molecule has 0 radical (unpaired) electrons. The topological polar surface area (TPSA) is 82.0 Å². The maximum atomic E-state index is 11.4. The number of para-hydroxylation sites is 1. The quantitative estimate of drug-likeness (QED) is 0.572. The molecule has 0 fully saturated rings. The van der Waals surface area contributed by atoms with Crippen molar-refractivity contribution in [3.63, 3.8) is 0 Å². The van der Waals surface area contributed by atoms with Crippen LogP contribution in [0.5, 0.6) is 0 Å². The molecule has 0 amide bonds. The van der Waals surface area contributed by atoms with Crippen LogP contribution in [0.15, 0.2) is 48.5 Å². The minimum absolute atomic E-state index is 0.140. The molecule has 2 aromatic carbocycles. The van der Waals surface area contributed by atoms with Crippen molar-refractivity contribution in [3.8, 4) is 11.3 Å². The maximum absolute atomic E-state index is 11.4. The highest BCUT2D eigenvalue weighted by atomic mass is 16.6. The minimum Gasteiger partial charge on any atom is -0.393 e. The maximum Gasteiger partial charge on any atom is 0.318 e. The lowest BCUT2D eigenvalue weighted by Gasteiger charge is -2.10. The Balaban J connectivity index is 2.45. The molecule has 0 unspecified atom stereocenters. The average molecular weight is 279 g/mol. The van der Waals surface area contributed by atoms with E-state index in [2.05, 4.69) is 4.98 Å². The second kappa shape index (κ2) is 4.86. The fourth-order valence-corrected chi connectivity index (χ4v) is 2.43. The highest BCUT2D eigenvalue weighted by Gasteiger charge is 2.24. The van der Waals surface area contributed by atoms with Crippen molar-refractivity contribution in [2.24, 2.45) is 0 Å². The van der Waals surface area contributed by atoms with Crippen molar-refractivity contribution in [1.29, 1.82) is 0 Å². The van der Waals surface area contributed by atoms with Gasteiger partial charge in [0.1, 0.15) is 5.69 Å². The molecule has 0 aliphatic heterocycles. The van der Waals surface area contributed by atoms with Crippen molar-refractivity contribution >= 4 is 22.3 Å². The molecule has 3 aromatic rings. The van der Waals surface area contributed by atoms with E-state index in [-0.39, 0.29) is 11.4 Å². The predicted molar refractivity (Wildman–Crippen MR) is 83.0 cm³/mol. The monoisotopic (exact) mass is 279 g/mol. The number of nitrogen functional groups attached to an aromatic ring is 1. The Hall–Kier alpha value is -2.95. The molecule has 104 valence electrons. The van der Waals surface area contributed by atoms with Crippen molar-refractivity contribution in [1.82, 2.24) is 4.98 Å². The van der Waals surface area contributed by atoms with Gasteiger partial charge in [-0.1, -0.05) is 48.5 Å². The van der Waals surface area contributed by atoms with Gasteiger partial charge in [-0.3, -0.25) is 10.1 Å². The van der Waals surface area contributed by atoms with Crippen molar-refractivity contribution < 1.29 is 4.92 Å². The summed E-state index contributed by atoms with van der Waals surface area (Å²) in [5.74, 6) is 0. The Labute approximate surface area is 121 Å². The zero-order valence-corrected chi connectivity index (χ0v) is 11.4. The van der Waals surface area contributed by atoms with Gasteiger partial charge >= 0.3 is 5.69 Å². The molecule has 0 saturated heterocycles. The van der Waals surface area contributed by atoms with Crippen molar-refractivity contribution in [2.75, 3.05) is 5.73 Å². The van der Waals surface area contributed by atoms with Crippen LogP contribution in [-0.4, -0.2) is 9.91 Å². The van der Waals surface area contributed by atoms with Crippen LogP contribution in [0.4, 0.5) is 11.4 Å². The molecule has 21 heavy (non-hydrogen) atoms. The highest BCUT2D eigenvalue weighted by Crippen LogP contribution is 2.38. The Morgan fingerprint density at radius 2 is 1.81 bits per heavy atom. The van der Waals surface area contributed by atoms with E-state index in [9.17, 15) is 10.1 Å². The molecule has 0 aliphatic rings. The Morgan fingerprint density at radius 1 is 1.10 bits per heavy atom. The van der Waals surface area contributed by atoms with E-state index >= 15 is 0 Å². The summed E-state index contributed by atoms with van der Waals surface area (Å²) in [5, 5.41) is 12.0. The number of anilines is 1. The van der Waals surface area contributed by atoms with Gasteiger partial charge in [-0.15, -0.1) is 0 Å². The third-order valence-corrected chi connectivity index (χ3v) is 3.46. The van der Waals surface area contributed by atoms with Crippen molar-refractivity contribution in [2.45, 2.75) is 6.92 Å². The van der Waals surface area contributed by atoms with Gasteiger partial charge in [0.15, 0.2) is 5.69 Å². The SMILES string of the molecule is Cc1cccc2c(N)c([N+](=O)[O-])c(-c3ccccc3)nc12. The van der Waals surface area contributed by atoms with Gasteiger partial charge in [0.2, 0.25) is 0 Å². The van der Waals surface area contributed by atoms with Gasteiger partial charge in [-0.2, -0.15) is 0 Å². The first-order chi connectivity index (χ1) is 10.1. The number of benzene rings is 2. The number of aryl methyl sites for hydroxylation is 1. The smallest absolute Gasteiger partial charge is 0.318 e. The number of nitrogens with zero attached hydrogens (tertiary/aromatic N) is 2. The number of fused-ring (bicyclic) bond motifs is 1. The molecule has 1 heterocycles. The highest BCUT2D eigenvalue weighted by molar-refractivity contribution is 6.00. The van der Waals surface area contributed by atoms with Crippen LogP contribution < -0.4 is 5.73 Å². The van der Waals surface area contributed by atoms with Crippen LogP contribution in [-0.2, 0) is 0 Å². The number of nitrogens with two attached hydrogens (primary N) is 1. The zero-order valence-electron chi connectivity index (χ0n) is 11.4. The van der Waals surface area contributed by atoms with Crippen LogP contribution in [0.2, 0.25) is 0 Å². The van der Waals surface area contributed by atoms with Gasteiger partial charge < -0.3 is 5.73 Å². The third-order valence-electron chi connectivity index (χ3n) is 3.46. The Morgan fingerprint density at radius 3 is 2.48 bits per heavy atom. The molecule has 1 aromatic heterocycles. The van der Waals surface area contributed by atoms with Gasteiger partial charge in [0.05, 0.1) is 10.4 Å². The van der Waals surface area contributed by atoms with E-state index in [1.54, 1.807) is 18.2 Å². The lowest BCUT2D eigenvalue weighted by atomic mass is 10.0. The summed E-state index contributed by atoms with van der Waals surface area (Å²) in [5.41, 5.74) is 8.68. The summed E-state index contributed by atoms with van der Waals surface area (Å²) in [7, 11) is 0. The first-order valence-corrected chi connectivity index (χ1v) is 6.48. The molecule has 0 aliphatic carbocycles. The van der Waals surface area contributed by atoms with E-state index in [1.165, 1.54) is 0 Å². The first-order valence-electron chi connectivity index (χ1n) is 6.48. The number of hydrogen-bond acceptors (Lipinski definition) is 4. The van der Waals surface area contributed by atoms with Crippen LogP contribution in [0.1, 0.15) is 5.56 Å². The van der Waals surface area contributed by atoms with E-state index in [0.717, 1.165) is 5.56 Å². The summed E-state index contributed by atoms with van der Waals surface area (Å²) in [6.07, 6.45) is 0. The standard InChI is InChI=1S/C16H13N3O2/c1-10-6-5-9-12-13(17)16(19(20)21)15(18-14(10)12)11-7-3-2-4-8-11/h2-9H,1H3,(H2,17,18). The van der Waals surface area contributed by atoms with Crippen LogP contribution >= 0.6 is 0 Å². The molecule has 0 atom stereocenters. The molecular formula is C16H13N3O2. The molecule has 5 heteroatoms. The molecule has 2 N–H and O–H groups in total. The summed E-state index contributed by atoms with van der Waals surface area (Å²) >= 11 is 0. The zero-order chi connectivity index (χ0) is 15.0. The summed E-state index contributed by atoms with van der Waals surface area (Å²) in [6, 6.07) is 14.6. The largest absolute Gasteiger partial charge is 0.393 e. The third kappa shape index (κ3) is 2.08. The summed E-state index contributed by atoms with van der Waals surface area (Å²) < 4.78 is 0. The minimum atomic E-state index is -0.466. The molecule has 3 rings (SSSR count). The fraction of sp³-hybridized carbons (Fsp3) is 0.0625. The van der Waals surface area contributed by atoms with E-state index in [4.69, 9.17) is 5.73 Å². The second-order valence-electron chi connectivity index (χ2n) is 4.82. The number of hydrogen-bond donors (Lipinski definition) is 1. The number of nitro groups is 1. The summed E-state index contributed by atoms with van der Waals surface area (Å²) in [4.78, 5) is 15.5. The lowest BCUT2D eigenvalue weighted by Crippen LogP contribution is -2.02. The fourth-order valence-electron chi connectivity index (χ4n) is 2.43. The average Bonchev–Trinajstić information content (AvgIpc) is 2.48. The summed E-state index contributed by atoms with van der Waals surface area (Å²) in [6.45, 7) is 1.91. The number of aromatic nitrogens is 1. The molecule has 0 saturated carbocycles. The molecular weight excluding hydrogens is 266 g/mol. The van der Waals surface area contributed by atoms with Crippen LogP contribution in [0.25, 0.3) is 22.2 Å². The van der Waals surface area contributed by atoms with E-state index in [0.29, 0.717) is 22.2 Å². The van der Waals surface area contributed by atoms with Gasteiger partial charge in [-0.05, 0) is 12.5 Å². The van der Waals surface area contributed by atoms with E-state index in [1.807, 2.05) is 37.3 Å².